The molecule has 0 aromatic heterocycles. The Morgan fingerprint density at radius 2 is 1.83 bits per heavy atom. The van der Waals surface area contributed by atoms with Gasteiger partial charge in [-0.3, -0.25) is 4.99 Å². The summed E-state index contributed by atoms with van der Waals surface area (Å²) < 4.78 is 23.5. The van der Waals surface area contributed by atoms with Gasteiger partial charge in [0.05, 0.1) is 10.5 Å². The van der Waals surface area contributed by atoms with Gasteiger partial charge >= 0.3 is 0 Å². The highest BCUT2D eigenvalue weighted by molar-refractivity contribution is 7.92. The van der Waals surface area contributed by atoms with E-state index >= 15 is 0 Å². The number of guanidine groups is 1. The summed E-state index contributed by atoms with van der Waals surface area (Å²) in [4.78, 5) is 4.21. The van der Waals surface area contributed by atoms with Crippen LogP contribution >= 0.6 is 0 Å². The quantitative estimate of drug-likeness (QED) is 0.549. The number of nitrogens with one attached hydrogen (secondary N) is 2. The molecule has 6 heteroatoms. The normalized spacial score (nSPS) is 18.7. The summed E-state index contributed by atoms with van der Waals surface area (Å²) in [6, 6.07) is 0. The minimum Gasteiger partial charge on any atom is -0.356 e. The molecule has 5 nitrogen and oxygen atoms in total. The molecule has 0 saturated heterocycles. The molecule has 1 aliphatic carbocycles. The Hall–Kier alpha value is -0.780. The van der Waals surface area contributed by atoms with Crippen LogP contribution in [0.25, 0.3) is 0 Å². The van der Waals surface area contributed by atoms with E-state index < -0.39 is 14.6 Å². The van der Waals surface area contributed by atoms with Crippen molar-refractivity contribution in [3.05, 3.63) is 0 Å². The Balaban J connectivity index is 2.44. The minimum absolute atomic E-state index is 0.119. The Morgan fingerprint density at radius 3 is 2.22 bits per heavy atom. The van der Waals surface area contributed by atoms with Crippen LogP contribution < -0.4 is 10.6 Å². The molecule has 0 radical (unpaired) electrons. The Bertz CT molecular complexity index is 500. The van der Waals surface area contributed by atoms with Crippen LogP contribution in [-0.2, 0) is 9.84 Å². The van der Waals surface area contributed by atoms with E-state index in [0.717, 1.165) is 6.54 Å². The number of hydrogen-bond donors (Lipinski definition) is 2. The van der Waals surface area contributed by atoms with Crippen LogP contribution in [0.2, 0.25) is 0 Å². The van der Waals surface area contributed by atoms with Gasteiger partial charge in [-0.15, -0.1) is 0 Å². The zero-order chi connectivity index (χ0) is 17.7. The van der Waals surface area contributed by atoms with Gasteiger partial charge in [0.1, 0.15) is 0 Å². The average molecular weight is 346 g/mol. The van der Waals surface area contributed by atoms with Crippen LogP contribution in [0.3, 0.4) is 0 Å². The van der Waals surface area contributed by atoms with Crippen LogP contribution in [0.1, 0.15) is 60.3 Å². The Labute approximate surface area is 142 Å². The second-order valence-corrected chi connectivity index (χ2v) is 11.1. The molecule has 136 valence electrons. The molecule has 0 unspecified atom stereocenters. The predicted molar refractivity (Wildman–Crippen MR) is 98.6 cm³/mol. The Kier molecular flexibility index (Phi) is 6.93. The van der Waals surface area contributed by atoms with Gasteiger partial charge in [0.2, 0.25) is 0 Å². The third-order valence-corrected chi connectivity index (χ3v) is 7.31. The van der Waals surface area contributed by atoms with Gasteiger partial charge in [-0.1, -0.05) is 20.3 Å². The first-order valence-electron chi connectivity index (χ1n) is 8.68. The lowest BCUT2D eigenvalue weighted by Crippen LogP contribution is -2.48. The van der Waals surface area contributed by atoms with Crippen molar-refractivity contribution in [2.24, 2.45) is 16.3 Å². The summed E-state index contributed by atoms with van der Waals surface area (Å²) in [6.45, 7) is 11.0. The van der Waals surface area contributed by atoms with Crippen LogP contribution in [0.4, 0.5) is 0 Å². The van der Waals surface area contributed by atoms with Gasteiger partial charge in [-0.2, -0.15) is 0 Å². The van der Waals surface area contributed by atoms with E-state index in [1.54, 1.807) is 27.8 Å². The molecule has 0 aromatic rings. The van der Waals surface area contributed by atoms with E-state index in [0.29, 0.717) is 23.8 Å². The van der Waals surface area contributed by atoms with Gasteiger partial charge in [0.15, 0.2) is 15.8 Å². The summed E-state index contributed by atoms with van der Waals surface area (Å²) in [5, 5.41) is 6.52. The van der Waals surface area contributed by atoms with Crippen molar-refractivity contribution in [1.29, 1.82) is 0 Å². The van der Waals surface area contributed by atoms with Gasteiger partial charge in [-0.25, -0.2) is 8.42 Å². The van der Waals surface area contributed by atoms with Crippen molar-refractivity contribution >= 4 is 15.8 Å². The highest BCUT2D eigenvalue weighted by atomic mass is 32.2. The van der Waals surface area contributed by atoms with E-state index in [4.69, 9.17) is 0 Å². The molecule has 0 aliphatic heterocycles. The van der Waals surface area contributed by atoms with Crippen molar-refractivity contribution in [1.82, 2.24) is 10.6 Å². The first kappa shape index (κ1) is 20.3. The summed E-state index contributed by atoms with van der Waals surface area (Å²) in [7, 11) is -1.37. The van der Waals surface area contributed by atoms with E-state index in [1.807, 2.05) is 0 Å². The number of hydrogen-bond acceptors (Lipinski definition) is 3. The lowest BCUT2D eigenvalue weighted by molar-refractivity contribution is 0.104. The van der Waals surface area contributed by atoms with Crippen molar-refractivity contribution < 1.29 is 8.42 Å². The molecule has 0 spiro atoms. The third-order valence-electron chi connectivity index (χ3n) is 4.71. The van der Waals surface area contributed by atoms with Gasteiger partial charge < -0.3 is 10.6 Å². The first-order valence-corrected chi connectivity index (χ1v) is 10.3. The fraction of sp³-hybridized carbons (Fsp3) is 0.941. The Morgan fingerprint density at radius 1 is 1.22 bits per heavy atom. The molecule has 0 heterocycles. The second-order valence-electron chi connectivity index (χ2n) is 8.24. The summed E-state index contributed by atoms with van der Waals surface area (Å²) in [5.74, 6) is 1.52. The molecule has 1 aliphatic rings. The van der Waals surface area contributed by atoms with Gasteiger partial charge in [0, 0.05) is 20.1 Å². The van der Waals surface area contributed by atoms with Crippen LogP contribution in [0.15, 0.2) is 4.99 Å². The summed E-state index contributed by atoms with van der Waals surface area (Å²) in [5.41, 5.74) is 0.392. The standard InChI is InChI=1S/C17H35N3O2S/c1-14(2)12-17(8-7-9-17)13-20-15(18-6)19-10-11-23(21,22)16(3,4)5/h14H,7-13H2,1-6H3,(H2,18,19,20). The maximum Gasteiger partial charge on any atom is 0.191 e. The molecule has 0 aromatic carbocycles. The smallest absolute Gasteiger partial charge is 0.191 e. The fourth-order valence-electron chi connectivity index (χ4n) is 3.10. The third kappa shape index (κ3) is 5.98. The van der Waals surface area contributed by atoms with Crippen molar-refractivity contribution in [3.8, 4) is 0 Å². The lowest BCUT2D eigenvalue weighted by atomic mass is 9.64. The van der Waals surface area contributed by atoms with Crippen LogP contribution in [0, 0.1) is 11.3 Å². The van der Waals surface area contributed by atoms with Crippen LogP contribution in [0.5, 0.6) is 0 Å². The first-order chi connectivity index (χ1) is 10.5. The van der Waals surface area contributed by atoms with E-state index in [-0.39, 0.29) is 5.75 Å². The van der Waals surface area contributed by atoms with Crippen LogP contribution in [-0.4, -0.2) is 45.0 Å². The highest BCUT2D eigenvalue weighted by Gasteiger charge is 2.37. The monoisotopic (exact) mass is 345 g/mol. The molecular weight excluding hydrogens is 310 g/mol. The zero-order valence-corrected chi connectivity index (χ0v) is 16.5. The molecule has 23 heavy (non-hydrogen) atoms. The average Bonchev–Trinajstić information content (AvgIpc) is 2.37. The zero-order valence-electron chi connectivity index (χ0n) is 15.7. The molecule has 0 amide bonds. The number of rotatable bonds is 7. The molecular formula is C17H35N3O2S. The molecule has 0 atom stereocenters. The topological polar surface area (TPSA) is 70.6 Å². The number of sulfone groups is 1. The maximum atomic E-state index is 12.1. The molecule has 1 rings (SSSR count). The predicted octanol–water partition coefficient (Wildman–Crippen LogP) is 2.58. The number of aliphatic imine (C=N–C) groups is 1. The molecule has 0 bridgehead atoms. The summed E-state index contributed by atoms with van der Waals surface area (Å²) in [6.07, 6.45) is 5.08. The van der Waals surface area contributed by atoms with E-state index in [1.165, 1.54) is 25.7 Å². The van der Waals surface area contributed by atoms with Gasteiger partial charge in [-0.05, 0) is 51.4 Å². The second kappa shape index (κ2) is 7.86. The maximum absolute atomic E-state index is 12.1. The van der Waals surface area contributed by atoms with E-state index in [2.05, 4.69) is 29.5 Å². The molecule has 2 N–H and O–H groups in total. The van der Waals surface area contributed by atoms with Gasteiger partial charge in [0.25, 0.3) is 0 Å². The van der Waals surface area contributed by atoms with E-state index in [9.17, 15) is 8.42 Å². The fourth-order valence-corrected chi connectivity index (χ4v) is 4.08. The van der Waals surface area contributed by atoms with Crippen molar-refractivity contribution in [3.63, 3.8) is 0 Å². The highest BCUT2D eigenvalue weighted by Crippen LogP contribution is 2.45. The summed E-state index contributed by atoms with van der Waals surface area (Å²) >= 11 is 0. The lowest BCUT2D eigenvalue weighted by Gasteiger charge is -2.43. The minimum atomic E-state index is -3.10. The SMILES string of the molecule is CN=C(NCCS(=O)(=O)C(C)(C)C)NCC1(CC(C)C)CCC1. The van der Waals surface area contributed by atoms with Crippen molar-refractivity contribution in [2.45, 2.75) is 65.0 Å². The molecule has 1 saturated carbocycles. The van der Waals surface area contributed by atoms with Crippen molar-refractivity contribution in [2.75, 3.05) is 25.9 Å². The largest absolute Gasteiger partial charge is 0.356 e. The molecule has 1 fully saturated rings. The number of nitrogens with zero attached hydrogens (tertiary/aromatic N) is 1.